The molecule has 5 heteroatoms. The third-order valence-corrected chi connectivity index (χ3v) is 4.12. The van der Waals surface area contributed by atoms with E-state index in [4.69, 9.17) is 18.6 Å². The maximum Gasteiger partial charge on any atom is 0.383 e. The van der Waals surface area contributed by atoms with E-state index in [1.54, 1.807) is 6.07 Å². The highest BCUT2D eigenvalue weighted by atomic mass is 16.5. The van der Waals surface area contributed by atoms with Crippen molar-refractivity contribution < 1.29 is 18.6 Å². The minimum atomic E-state index is -0.573. The Hall–Kier alpha value is -2.69. The Labute approximate surface area is 166 Å². The molecule has 0 atom stereocenters. The first-order chi connectivity index (χ1) is 13.3. The van der Waals surface area contributed by atoms with Crippen LogP contribution >= 0.6 is 0 Å². The number of methoxy groups -OCH3 is 1. The molecule has 0 fully saturated rings. The van der Waals surface area contributed by atoms with E-state index in [9.17, 15) is 4.79 Å². The van der Waals surface area contributed by atoms with Gasteiger partial charge in [0.05, 0.1) is 18.6 Å². The van der Waals surface area contributed by atoms with Gasteiger partial charge in [-0.3, -0.25) is 0 Å². The molecular formula is C23H30O5. The van der Waals surface area contributed by atoms with Crippen molar-refractivity contribution in [2.45, 2.75) is 53.6 Å². The zero-order valence-electron chi connectivity index (χ0n) is 17.6. The van der Waals surface area contributed by atoms with Gasteiger partial charge in [-0.2, -0.15) is 0 Å². The Morgan fingerprint density at radius 1 is 1.14 bits per heavy atom. The second-order valence-electron chi connectivity index (χ2n) is 7.26. The zero-order chi connectivity index (χ0) is 20.7. The van der Waals surface area contributed by atoms with E-state index in [1.165, 1.54) is 18.3 Å². The number of hydrogen-bond donors (Lipinski definition) is 0. The van der Waals surface area contributed by atoms with E-state index < -0.39 is 5.63 Å². The van der Waals surface area contributed by atoms with Crippen molar-refractivity contribution >= 4 is 11.0 Å². The fourth-order valence-electron chi connectivity index (χ4n) is 2.76. The minimum absolute atomic E-state index is 0.0255. The number of benzene rings is 1. The summed E-state index contributed by atoms with van der Waals surface area (Å²) >= 11 is 0. The summed E-state index contributed by atoms with van der Waals surface area (Å²) in [5.41, 5.74) is 2.38. The maximum atomic E-state index is 12.3. The molecule has 0 aliphatic carbocycles. The van der Waals surface area contributed by atoms with E-state index >= 15 is 0 Å². The lowest BCUT2D eigenvalue weighted by Gasteiger charge is -2.13. The first-order valence-corrected chi connectivity index (χ1v) is 9.55. The standard InChI is InChI=1S/C23H30O5/c1-15(2)8-7-9-17(5)12-13-26-21-19-11-10-18(27-16(3)4)14-20(19)28-23(24)22(21)25-6/h8,10-12,14,16H,7,9,13H2,1-6H3/b17-12+. The second-order valence-corrected chi connectivity index (χ2v) is 7.26. The Morgan fingerprint density at radius 3 is 2.54 bits per heavy atom. The number of rotatable bonds is 9. The van der Waals surface area contributed by atoms with Gasteiger partial charge in [-0.25, -0.2) is 4.79 Å². The lowest BCUT2D eigenvalue weighted by molar-refractivity contribution is 0.242. The SMILES string of the molecule is COc1c(OC/C=C(\C)CCC=C(C)C)c2ccc(OC(C)C)cc2oc1=O. The first kappa shape index (κ1) is 21.6. The van der Waals surface area contributed by atoms with Gasteiger partial charge in [-0.15, -0.1) is 0 Å². The number of allylic oxidation sites excluding steroid dienone is 3. The molecule has 1 aromatic heterocycles. The van der Waals surface area contributed by atoms with Crippen LogP contribution in [0.25, 0.3) is 11.0 Å². The molecule has 0 saturated carbocycles. The number of fused-ring (bicyclic) bond motifs is 1. The zero-order valence-corrected chi connectivity index (χ0v) is 17.6. The molecule has 0 spiro atoms. The van der Waals surface area contributed by atoms with Crippen molar-refractivity contribution in [3.05, 3.63) is 51.9 Å². The van der Waals surface area contributed by atoms with E-state index in [0.29, 0.717) is 29.1 Å². The first-order valence-electron chi connectivity index (χ1n) is 9.55. The summed E-state index contributed by atoms with van der Waals surface area (Å²) in [4.78, 5) is 12.3. The van der Waals surface area contributed by atoms with Crippen molar-refractivity contribution in [2.24, 2.45) is 0 Å². The Bertz CT molecular complexity index is 914. The number of hydrogen-bond acceptors (Lipinski definition) is 5. The molecule has 152 valence electrons. The van der Waals surface area contributed by atoms with Crippen LogP contribution in [-0.2, 0) is 0 Å². The molecule has 2 aromatic rings. The van der Waals surface area contributed by atoms with Crippen molar-refractivity contribution in [3.8, 4) is 17.2 Å². The van der Waals surface area contributed by atoms with Gasteiger partial charge in [0, 0.05) is 6.07 Å². The molecule has 0 unspecified atom stereocenters. The van der Waals surface area contributed by atoms with Crippen LogP contribution in [-0.4, -0.2) is 19.8 Å². The monoisotopic (exact) mass is 386 g/mol. The molecule has 0 saturated heterocycles. The summed E-state index contributed by atoms with van der Waals surface area (Å²) in [6, 6.07) is 5.35. The molecular weight excluding hydrogens is 356 g/mol. The predicted molar refractivity (Wildman–Crippen MR) is 113 cm³/mol. The summed E-state index contributed by atoms with van der Waals surface area (Å²) in [7, 11) is 1.43. The van der Waals surface area contributed by atoms with E-state index in [0.717, 1.165) is 12.8 Å². The molecule has 0 N–H and O–H groups in total. The van der Waals surface area contributed by atoms with Gasteiger partial charge in [0.2, 0.25) is 5.75 Å². The van der Waals surface area contributed by atoms with Crippen molar-refractivity contribution in [1.82, 2.24) is 0 Å². The van der Waals surface area contributed by atoms with Gasteiger partial charge in [0.15, 0.2) is 5.75 Å². The molecule has 28 heavy (non-hydrogen) atoms. The third kappa shape index (κ3) is 5.91. The molecule has 1 aromatic carbocycles. The second kappa shape index (κ2) is 10.0. The predicted octanol–water partition coefficient (Wildman–Crippen LogP) is 5.66. The van der Waals surface area contributed by atoms with Gasteiger partial charge in [-0.05, 0) is 65.7 Å². The Balaban J connectivity index is 2.26. The lowest BCUT2D eigenvalue weighted by Crippen LogP contribution is -2.09. The summed E-state index contributed by atoms with van der Waals surface area (Å²) < 4.78 is 22.2. The quantitative estimate of drug-likeness (QED) is 0.411. The van der Waals surface area contributed by atoms with Gasteiger partial charge in [-0.1, -0.05) is 17.2 Å². The molecule has 0 aliphatic rings. The van der Waals surface area contributed by atoms with Crippen LogP contribution in [0.15, 0.2) is 50.7 Å². The Kier molecular flexibility index (Phi) is 7.73. The molecule has 1 heterocycles. The molecule has 0 bridgehead atoms. The fourth-order valence-corrected chi connectivity index (χ4v) is 2.76. The minimum Gasteiger partial charge on any atom is -0.491 e. The van der Waals surface area contributed by atoms with Gasteiger partial charge in [0.25, 0.3) is 0 Å². The van der Waals surface area contributed by atoms with Gasteiger partial charge in [0.1, 0.15) is 17.9 Å². The maximum absolute atomic E-state index is 12.3. The highest BCUT2D eigenvalue weighted by Gasteiger charge is 2.17. The van der Waals surface area contributed by atoms with Gasteiger partial charge < -0.3 is 18.6 Å². The largest absolute Gasteiger partial charge is 0.491 e. The fraction of sp³-hybridized carbons (Fsp3) is 0.435. The third-order valence-electron chi connectivity index (χ3n) is 4.12. The smallest absolute Gasteiger partial charge is 0.383 e. The number of ether oxygens (including phenoxy) is 3. The molecule has 0 amide bonds. The Morgan fingerprint density at radius 2 is 1.89 bits per heavy atom. The highest BCUT2D eigenvalue weighted by Crippen LogP contribution is 2.34. The normalized spacial score (nSPS) is 11.6. The summed E-state index contributed by atoms with van der Waals surface area (Å²) in [5.74, 6) is 1.09. The molecule has 5 nitrogen and oxygen atoms in total. The summed E-state index contributed by atoms with van der Waals surface area (Å²) in [6.07, 6.45) is 6.24. The lowest BCUT2D eigenvalue weighted by atomic mass is 10.1. The highest BCUT2D eigenvalue weighted by molar-refractivity contribution is 5.86. The van der Waals surface area contributed by atoms with Crippen LogP contribution in [0.4, 0.5) is 0 Å². The van der Waals surface area contributed by atoms with Gasteiger partial charge >= 0.3 is 5.63 Å². The van der Waals surface area contributed by atoms with Crippen molar-refractivity contribution in [3.63, 3.8) is 0 Å². The molecule has 0 radical (unpaired) electrons. The van der Waals surface area contributed by atoms with Crippen LogP contribution in [0.2, 0.25) is 0 Å². The van der Waals surface area contributed by atoms with Crippen LogP contribution in [0.5, 0.6) is 17.2 Å². The topological polar surface area (TPSA) is 57.9 Å². The van der Waals surface area contributed by atoms with Crippen LogP contribution in [0.3, 0.4) is 0 Å². The molecule has 0 aliphatic heterocycles. The van der Waals surface area contributed by atoms with Crippen molar-refractivity contribution in [1.29, 1.82) is 0 Å². The van der Waals surface area contributed by atoms with Crippen LogP contribution in [0.1, 0.15) is 47.5 Å². The van der Waals surface area contributed by atoms with Crippen LogP contribution in [0, 0.1) is 0 Å². The van der Waals surface area contributed by atoms with E-state index in [-0.39, 0.29) is 11.9 Å². The average molecular weight is 386 g/mol. The van der Waals surface area contributed by atoms with Crippen molar-refractivity contribution in [2.75, 3.05) is 13.7 Å². The van der Waals surface area contributed by atoms with E-state index in [2.05, 4.69) is 26.8 Å². The van der Waals surface area contributed by atoms with Crippen LogP contribution < -0.4 is 19.8 Å². The average Bonchev–Trinajstić information content (AvgIpc) is 2.60. The summed E-state index contributed by atoms with van der Waals surface area (Å²) in [6.45, 7) is 10.5. The van der Waals surface area contributed by atoms with E-state index in [1.807, 2.05) is 32.1 Å². The summed E-state index contributed by atoms with van der Waals surface area (Å²) in [5, 5.41) is 0.670. The molecule has 2 rings (SSSR count).